The zero-order chi connectivity index (χ0) is 29.9. The first-order valence-electron chi connectivity index (χ1n) is 14.0. The first-order chi connectivity index (χ1) is 20.2. The molecule has 2 heterocycles. The number of piperidine rings is 1. The van der Waals surface area contributed by atoms with Gasteiger partial charge in [0, 0.05) is 50.9 Å². The van der Waals surface area contributed by atoms with Crippen LogP contribution in [0.2, 0.25) is 0 Å². The van der Waals surface area contributed by atoms with Crippen molar-refractivity contribution in [2.24, 2.45) is 5.14 Å². The Morgan fingerprint density at radius 3 is 2.14 bits per heavy atom. The molecule has 10 heteroatoms. The molecule has 2 fully saturated rings. The fourth-order valence-corrected chi connectivity index (χ4v) is 6.67. The van der Waals surface area contributed by atoms with Crippen molar-refractivity contribution >= 4 is 38.5 Å². The van der Waals surface area contributed by atoms with E-state index in [1.807, 2.05) is 54.3 Å². The lowest BCUT2D eigenvalue weighted by atomic mass is 9.99. The molecule has 2 saturated heterocycles. The summed E-state index contributed by atoms with van der Waals surface area (Å²) in [6.07, 6.45) is 1.68. The highest BCUT2D eigenvalue weighted by atomic mass is 32.2. The normalized spacial score (nSPS) is 17.2. The zero-order valence-electron chi connectivity index (χ0n) is 23.8. The van der Waals surface area contributed by atoms with E-state index >= 15 is 0 Å². The summed E-state index contributed by atoms with van der Waals surface area (Å²) < 4.78 is 12.5. The summed E-state index contributed by atoms with van der Waals surface area (Å²) in [5.41, 5.74) is 4.93. The van der Waals surface area contributed by atoms with Crippen LogP contribution in [0.4, 0.5) is 17.1 Å². The number of nitrogens with two attached hydrogens (primary N) is 1. The summed E-state index contributed by atoms with van der Waals surface area (Å²) in [6.45, 7) is 5.59. The summed E-state index contributed by atoms with van der Waals surface area (Å²) in [4.78, 5) is 20.3. The topological polar surface area (TPSA) is 129 Å². The van der Waals surface area contributed by atoms with Gasteiger partial charge in [0.05, 0.1) is 42.8 Å². The Labute approximate surface area is 247 Å². The minimum absolute atomic E-state index is 0.0734. The van der Waals surface area contributed by atoms with Gasteiger partial charge in [-0.1, -0.05) is 24.3 Å². The third-order valence-electron chi connectivity index (χ3n) is 8.08. The highest BCUT2D eigenvalue weighted by Gasteiger charge is 2.27. The highest BCUT2D eigenvalue weighted by molar-refractivity contribution is 7.98. The second-order valence-electron chi connectivity index (χ2n) is 10.8. The number of amides is 1. The van der Waals surface area contributed by atoms with Crippen LogP contribution in [0.25, 0.3) is 0 Å². The van der Waals surface area contributed by atoms with Crippen LogP contribution in [0.5, 0.6) is 0 Å². The van der Waals surface area contributed by atoms with E-state index in [4.69, 9.17) is 5.14 Å². The summed E-state index contributed by atoms with van der Waals surface area (Å²) >= 11 is 0. The molecule has 1 atom stereocenters. The van der Waals surface area contributed by atoms with Crippen LogP contribution >= 0.6 is 0 Å². The number of aryl methyl sites for hydroxylation is 1. The standard InChI is InChI=1S/C32H35N7O2S/c1-23-19-25(22-34)28(36-26-11-13-37(14-12-26)29-8-4-3-7-24(29)21-33)20-27(23)32(40)39-17-15-38(16-18-39)30-9-5-6-10-31(30)42(2,35)41/h3-10,19-20,26,36H,2,11-18H2,1H3,(H2,35,41). The first kappa shape index (κ1) is 29.0. The van der Waals surface area contributed by atoms with Gasteiger partial charge in [0.1, 0.15) is 12.1 Å². The van der Waals surface area contributed by atoms with E-state index in [0.29, 0.717) is 53.5 Å². The van der Waals surface area contributed by atoms with Crippen LogP contribution in [0, 0.1) is 29.6 Å². The number of anilines is 3. The molecule has 0 saturated carbocycles. The highest BCUT2D eigenvalue weighted by Crippen LogP contribution is 2.29. The second kappa shape index (κ2) is 12.2. The predicted molar refractivity (Wildman–Crippen MR) is 168 cm³/mol. The van der Waals surface area contributed by atoms with Crippen LogP contribution in [-0.2, 0) is 9.71 Å². The minimum Gasteiger partial charge on any atom is -0.381 e. The Bertz CT molecular complexity index is 1670. The molecule has 2 aliphatic rings. The molecule has 216 valence electrons. The van der Waals surface area contributed by atoms with Crippen molar-refractivity contribution in [3.05, 3.63) is 82.9 Å². The van der Waals surface area contributed by atoms with Crippen LogP contribution < -0.4 is 20.3 Å². The van der Waals surface area contributed by atoms with Gasteiger partial charge in [-0.15, -0.1) is 0 Å². The molecule has 1 unspecified atom stereocenters. The molecule has 5 rings (SSSR count). The first-order valence-corrected chi connectivity index (χ1v) is 15.8. The van der Waals surface area contributed by atoms with Crippen LogP contribution in [0.1, 0.15) is 39.9 Å². The molecule has 1 amide bonds. The predicted octanol–water partition coefficient (Wildman–Crippen LogP) is 3.73. The maximum absolute atomic E-state index is 13.7. The maximum Gasteiger partial charge on any atom is 0.254 e. The van der Waals surface area contributed by atoms with Gasteiger partial charge >= 0.3 is 0 Å². The molecule has 2 aliphatic heterocycles. The van der Waals surface area contributed by atoms with Gasteiger partial charge in [-0.25, -0.2) is 4.21 Å². The fourth-order valence-electron chi connectivity index (χ4n) is 5.81. The molecule has 3 aromatic carbocycles. The second-order valence-corrected chi connectivity index (χ2v) is 12.7. The number of carbonyl (C=O) groups is 1. The molecule has 9 nitrogen and oxygen atoms in total. The monoisotopic (exact) mass is 581 g/mol. The van der Waals surface area contributed by atoms with Gasteiger partial charge in [0.15, 0.2) is 0 Å². The van der Waals surface area contributed by atoms with Crippen molar-refractivity contribution in [2.45, 2.75) is 30.7 Å². The van der Waals surface area contributed by atoms with Gasteiger partial charge in [-0.2, -0.15) is 10.5 Å². The van der Waals surface area contributed by atoms with E-state index in [-0.39, 0.29) is 11.9 Å². The Morgan fingerprint density at radius 1 is 0.905 bits per heavy atom. The van der Waals surface area contributed by atoms with Crippen LogP contribution in [0.15, 0.2) is 65.6 Å². The Hall–Kier alpha value is -4.51. The number of hydrogen-bond acceptors (Lipinski definition) is 7. The summed E-state index contributed by atoms with van der Waals surface area (Å²) in [5.74, 6) is 3.58. The number of para-hydroxylation sites is 2. The zero-order valence-corrected chi connectivity index (χ0v) is 24.6. The molecular formula is C32H35N7O2S. The van der Waals surface area contributed by atoms with Gasteiger partial charge in [-0.3, -0.25) is 9.93 Å². The van der Waals surface area contributed by atoms with Crippen LogP contribution in [-0.4, -0.2) is 66.2 Å². The molecule has 3 N–H and O–H groups in total. The van der Waals surface area contributed by atoms with Crippen molar-refractivity contribution in [3.8, 4) is 12.1 Å². The maximum atomic E-state index is 13.7. The van der Waals surface area contributed by atoms with Crippen molar-refractivity contribution < 1.29 is 9.00 Å². The molecular weight excluding hydrogens is 546 g/mol. The molecule has 0 radical (unpaired) electrons. The number of nitrogens with one attached hydrogen (secondary N) is 1. The van der Waals surface area contributed by atoms with Gasteiger partial charge in [-0.05, 0) is 67.6 Å². The number of hydrogen-bond donors (Lipinski definition) is 2. The summed E-state index contributed by atoms with van der Waals surface area (Å²) in [6, 6.07) is 23.3. The van der Waals surface area contributed by atoms with E-state index in [2.05, 4.69) is 33.1 Å². The van der Waals surface area contributed by atoms with Gasteiger partial charge in [0.2, 0.25) is 0 Å². The average Bonchev–Trinajstić information content (AvgIpc) is 3.01. The lowest BCUT2D eigenvalue weighted by molar-refractivity contribution is 0.0746. The number of benzene rings is 3. The number of nitriles is 2. The van der Waals surface area contributed by atoms with E-state index in [1.54, 1.807) is 18.2 Å². The average molecular weight is 582 g/mol. The van der Waals surface area contributed by atoms with E-state index < -0.39 is 9.71 Å². The van der Waals surface area contributed by atoms with E-state index in [9.17, 15) is 19.5 Å². The molecule has 42 heavy (non-hydrogen) atoms. The van der Waals surface area contributed by atoms with Crippen LogP contribution in [0.3, 0.4) is 0 Å². The van der Waals surface area contributed by atoms with Gasteiger partial charge in [0.25, 0.3) is 5.91 Å². The number of piperazine rings is 1. The number of nitrogens with zero attached hydrogens (tertiary/aromatic N) is 5. The van der Waals surface area contributed by atoms with E-state index in [0.717, 1.165) is 42.9 Å². The summed E-state index contributed by atoms with van der Waals surface area (Å²) in [5, 5.41) is 28.7. The van der Waals surface area contributed by atoms with Crippen molar-refractivity contribution in [1.29, 1.82) is 10.5 Å². The lowest BCUT2D eigenvalue weighted by Gasteiger charge is -2.37. The Morgan fingerprint density at radius 2 is 1.50 bits per heavy atom. The smallest absolute Gasteiger partial charge is 0.254 e. The fraction of sp³-hybridized carbons (Fsp3) is 0.312. The van der Waals surface area contributed by atoms with Crippen molar-refractivity contribution in [2.75, 3.05) is 54.4 Å². The van der Waals surface area contributed by atoms with Gasteiger partial charge < -0.3 is 20.0 Å². The van der Waals surface area contributed by atoms with Crippen molar-refractivity contribution in [3.63, 3.8) is 0 Å². The lowest BCUT2D eigenvalue weighted by Crippen LogP contribution is -2.49. The molecule has 0 spiro atoms. The Balaban J connectivity index is 1.27. The third-order valence-corrected chi connectivity index (χ3v) is 9.17. The quantitative estimate of drug-likeness (QED) is 0.425. The van der Waals surface area contributed by atoms with Crippen molar-refractivity contribution in [1.82, 2.24) is 4.90 Å². The molecule has 0 aromatic heterocycles. The molecule has 3 aromatic rings. The molecule has 0 bridgehead atoms. The minimum atomic E-state index is -2.88. The Kier molecular flexibility index (Phi) is 8.39. The van der Waals surface area contributed by atoms with E-state index in [1.165, 1.54) is 0 Å². The number of rotatable bonds is 6. The number of carbonyl (C=O) groups excluding carboxylic acids is 1. The molecule has 0 aliphatic carbocycles. The third kappa shape index (κ3) is 6.06. The summed E-state index contributed by atoms with van der Waals surface area (Å²) in [7, 11) is -2.88. The SMILES string of the molecule is C=S(N)(=O)c1ccccc1N1CCN(C(=O)c2cc(NC3CCN(c4ccccc4C#N)CC3)c(C#N)cc2C)CC1. The largest absolute Gasteiger partial charge is 0.381 e.